The van der Waals surface area contributed by atoms with Crippen molar-refractivity contribution in [2.45, 2.75) is 43.7 Å². The van der Waals surface area contributed by atoms with E-state index in [0.717, 1.165) is 55.8 Å². The average molecular weight is 461 g/mol. The molecular formula is C27H32N4O3. The first-order valence-corrected chi connectivity index (χ1v) is 12.6. The van der Waals surface area contributed by atoms with Crippen LogP contribution in [0, 0.1) is 5.92 Å². The molecule has 1 unspecified atom stereocenters. The van der Waals surface area contributed by atoms with Gasteiger partial charge in [-0.25, -0.2) is 4.98 Å². The SMILES string of the molecule is O=C(c1nc(N2CCOCC2)n2ccccc12)N1CCC(O)(c2ccccc2)[C@H]2CCCC[C@H]21. The number of hydrogen-bond acceptors (Lipinski definition) is 5. The van der Waals surface area contributed by atoms with Gasteiger partial charge in [-0.1, -0.05) is 49.2 Å². The molecule has 3 atom stereocenters. The van der Waals surface area contributed by atoms with E-state index in [1.165, 1.54) is 0 Å². The number of rotatable bonds is 3. The zero-order valence-corrected chi connectivity index (χ0v) is 19.5. The largest absolute Gasteiger partial charge is 0.385 e. The maximum Gasteiger partial charge on any atom is 0.275 e. The molecule has 1 aromatic carbocycles. The van der Waals surface area contributed by atoms with Gasteiger partial charge in [0, 0.05) is 37.8 Å². The lowest BCUT2D eigenvalue weighted by molar-refractivity contribution is -0.110. The number of amides is 1. The third-order valence-electron chi connectivity index (χ3n) is 8.04. The van der Waals surface area contributed by atoms with Gasteiger partial charge in [0.05, 0.1) is 24.3 Å². The first-order valence-electron chi connectivity index (χ1n) is 12.6. The maximum atomic E-state index is 14.0. The lowest BCUT2D eigenvalue weighted by Crippen LogP contribution is -2.59. The fraction of sp³-hybridized carbons (Fsp3) is 0.481. The number of ether oxygens (including phenoxy) is 1. The number of carbonyl (C=O) groups excluding carboxylic acids is 1. The number of piperidine rings is 1. The Morgan fingerprint density at radius 3 is 2.59 bits per heavy atom. The summed E-state index contributed by atoms with van der Waals surface area (Å²) in [6.45, 7) is 3.39. The van der Waals surface area contributed by atoms with Crippen molar-refractivity contribution in [1.82, 2.24) is 14.3 Å². The van der Waals surface area contributed by atoms with Crippen molar-refractivity contribution in [2.24, 2.45) is 5.92 Å². The number of carbonyl (C=O) groups is 1. The van der Waals surface area contributed by atoms with E-state index in [-0.39, 0.29) is 17.9 Å². The molecule has 7 nitrogen and oxygen atoms in total. The zero-order valence-electron chi connectivity index (χ0n) is 19.5. The molecule has 3 aromatic rings. The standard InChI is InChI=1S/C27H32N4O3/c32-25(24-23-12-6-7-14-31(23)26(28-24)29-16-18-34-19-17-29)30-15-13-27(33,20-8-2-1-3-9-20)21-10-4-5-11-22(21)30/h1-3,6-9,12,14,21-22,33H,4-5,10-11,13,15-19H2/t21-,22+,27?/m0/s1. The number of pyridine rings is 1. The summed E-state index contributed by atoms with van der Waals surface area (Å²) in [5, 5.41) is 11.9. The number of hydrogen-bond donors (Lipinski definition) is 1. The fourth-order valence-electron chi connectivity index (χ4n) is 6.32. The second-order valence-electron chi connectivity index (χ2n) is 9.81. The number of imidazole rings is 1. The Hall–Kier alpha value is -2.90. The van der Waals surface area contributed by atoms with Crippen LogP contribution in [0.5, 0.6) is 0 Å². The molecular weight excluding hydrogens is 428 g/mol. The number of aliphatic hydroxyl groups is 1. The first kappa shape index (κ1) is 21.6. The number of nitrogens with zero attached hydrogens (tertiary/aromatic N) is 4. The van der Waals surface area contributed by atoms with E-state index in [0.29, 0.717) is 31.9 Å². The predicted molar refractivity (Wildman–Crippen MR) is 130 cm³/mol. The number of fused-ring (bicyclic) bond motifs is 2. The molecule has 2 aliphatic heterocycles. The zero-order chi connectivity index (χ0) is 23.1. The number of anilines is 1. The molecule has 0 spiro atoms. The van der Waals surface area contributed by atoms with Crippen LogP contribution < -0.4 is 4.90 Å². The molecule has 4 heterocycles. The van der Waals surface area contributed by atoms with Crippen molar-refractivity contribution >= 4 is 17.4 Å². The van der Waals surface area contributed by atoms with Crippen molar-refractivity contribution in [3.63, 3.8) is 0 Å². The van der Waals surface area contributed by atoms with Gasteiger partial charge in [0.1, 0.15) is 0 Å². The normalized spacial score (nSPS) is 27.6. The van der Waals surface area contributed by atoms with Gasteiger partial charge in [-0.2, -0.15) is 0 Å². The van der Waals surface area contributed by atoms with Gasteiger partial charge in [-0.15, -0.1) is 0 Å². The number of morpholine rings is 1. The summed E-state index contributed by atoms with van der Waals surface area (Å²) in [6, 6.07) is 16.0. The maximum absolute atomic E-state index is 14.0. The summed E-state index contributed by atoms with van der Waals surface area (Å²) in [7, 11) is 0. The van der Waals surface area contributed by atoms with E-state index in [9.17, 15) is 9.90 Å². The number of likely N-dealkylation sites (tertiary alicyclic amines) is 1. The van der Waals surface area contributed by atoms with Gasteiger partial charge in [-0.05, 0) is 37.0 Å². The van der Waals surface area contributed by atoms with Crippen molar-refractivity contribution < 1.29 is 14.6 Å². The van der Waals surface area contributed by atoms with Gasteiger partial charge >= 0.3 is 0 Å². The molecule has 1 amide bonds. The van der Waals surface area contributed by atoms with Crippen LogP contribution >= 0.6 is 0 Å². The minimum Gasteiger partial charge on any atom is -0.385 e. The van der Waals surface area contributed by atoms with E-state index in [1.54, 1.807) is 0 Å². The molecule has 1 N–H and O–H groups in total. The van der Waals surface area contributed by atoms with Crippen LogP contribution in [0.3, 0.4) is 0 Å². The quantitative estimate of drug-likeness (QED) is 0.648. The van der Waals surface area contributed by atoms with Crippen LogP contribution in [0.25, 0.3) is 5.52 Å². The molecule has 34 heavy (non-hydrogen) atoms. The van der Waals surface area contributed by atoms with Crippen LogP contribution in [0.1, 0.15) is 48.2 Å². The van der Waals surface area contributed by atoms with E-state index in [4.69, 9.17) is 9.72 Å². The monoisotopic (exact) mass is 460 g/mol. The summed E-state index contributed by atoms with van der Waals surface area (Å²) in [5.41, 5.74) is 1.43. The second kappa shape index (κ2) is 8.71. The van der Waals surface area contributed by atoms with Crippen LogP contribution in [-0.2, 0) is 10.3 Å². The minimum absolute atomic E-state index is 0.0183. The molecule has 0 bridgehead atoms. The second-order valence-corrected chi connectivity index (χ2v) is 9.81. The Kier molecular flexibility index (Phi) is 5.54. The summed E-state index contributed by atoms with van der Waals surface area (Å²) in [6.07, 6.45) is 6.56. The van der Waals surface area contributed by atoms with Crippen LogP contribution in [0.4, 0.5) is 5.95 Å². The van der Waals surface area contributed by atoms with E-state index >= 15 is 0 Å². The highest BCUT2D eigenvalue weighted by Crippen LogP contribution is 2.47. The van der Waals surface area contributed by atoms with Crippen LogP contribution in [0.2, 0.25) is 0 Å². The van der Waals surface area contributed by atoms with Crippen molar-refractivity contribution in [3.8, 4) is 0 Å². The van der Waals surface area contributed by atoms with Gasteiger partial charge < -0.3 is 19.6 Å². The number of benzene rings is 1. The summed E-state index contributed by atoms with van der Waals surface area (Å²) >= 11 is 0. The smallest absolute Gasteiger partial charge is 0.275 e. The Bertz CT molecular complexity index is 1170. The highest BCUT2D eigenvalue weighted by atomic mass is 16.5. The highest BCUT2D eigenvalue weighted by Gasteiger charge is 2.50. The summed E-state index contributed by atoms with van der Waals surface area (Å²) in [4.78, 5) is 23.1. The predicted octanol–water partition coefficient (Wildman–Crippen LogP) is 3.46. The minimum atomic E-state index is -0.891. The van der Waals surface area contributed by atoms with Crippen LogP contribution in [-0.4, -0.2) is 64.2 Å². The van der Waals surface area contributed by atoms with Gasteiger partial charge in [0.25, 0.3) is 5.91 Å². The van der Waals surface area contributed by atoms with Gasteiger partial charge in [0.2, 0.25) is 5.95 Å². The lowest BCUT2D eigenvalue weighted by atomic mass is 9.66. The molecule has 2 aromatic heterocycles. The fourth-order valence-corrected chi connectivity index (χ4v) is 6.32. The Morgan fingerprint density at radius 1 is 1.00 bits per heavy atom. The average Bonchev–Trinajstić information content (AvgIpc) is 3.30. The summed E-state index contributed by atoms with van der Waals surface area (Å²) < 4.78 is 7.55. The third kappa shape index (κ3) is 3.49. The van der Waals surface area contributed by atoms with E-state index < -0.39 is 5.60 Å². The van der Waals surface area contributed by atoms with Gasteiger partial charge in [-0.3, -0.25) is 9.20 Å². The molecule has 3 fully saturated rings. The Labute approximate surface area is 200 Å². The van der Waals surface area contributed by atoms with Crippen LogP contribution in [0.15, 0.2) is 54.7 Å². The molecule has 3 aliphatic rings. The van der Waals surface area contributed by atoms with Gasteiger partial charge in [0.15, 0.2) is 5.69 Å². The topological polar surface area (TPSA) is 70.3 Å². The van der Waals surface area contributed by atoms with Crippen molar-refractivity contribution in [1.29, 1.82) is 0 Å². The van der Waals surface area contributed by atoms with Crippen molar-refractivity contribution in [2.75, 3.05) is 37.7 Å². The number of aromatic nitrogens is 2. The molecule has 7 heteroatoms. The Morgan fingerprint density at radius 2 is 1.76 bits per heavy atom. The molecule has 2 saturated heterocycles. The molecule has 1 saturated carbocycles. The van der Waals surface area contributed by atoms with E-state index in [1.807, 2.05) is 64.0 Å². The first-order chi connectivity index (χ1) is 16.7. The third-order valence-corrected chi connectivity index (χ3v) is 8.04. The lowest BCUT2D eigenvalue weighted by Gasteiger charge is -2.52. The summed E-state index contributed by atoms with van der Waals surface area (Å²) in [5.74, 6) is 0.824. The molecule has 1 aliphatic carbocycles. The van der Waals surface area contributed by atoms with E-state index in [2.05, 4.69) is 4.90 Å². The highest BCUT2D eigenvalue weighted by molar-refractivity contribution is 6.00. The van der Waals surface area contributed by atoms with Crippen molar-refractivity contribution in [3.05, 3.63) is 66.0 Å². The molecule has 0 radical (unpaired) electrons. The molecule has 178 valence electrons. The Balaban J connectivity index is 1.35. The molecule has 6 rings (SSSR count).